The Hall–Kier alpha value is -2.27. The lowest BCUT2D eigenvalue weighted by atomic mass is 10.1. The smallest absolute Gasteiger partial charge is 0.251 e. The first-order valence-electron chi connectivity index (χ1n) is 9.33. The Balaban J connectivity index is 1.95. The summed E-state index contributed by atoms with van der Waals surface area (Å²) >= 11 is 1.77. The normalized spacial score (nSPS) is 11.9. The molecule has 0 heterocycles. The molecule has 5 heteroatoms. The van der Waals surface area contributed by atoms with Gasteiger partial charge >= 0.3 is 0 Å². The average molecular weight is 385 g/mol. The van der Waals surface area contributed by atoms with E-state index in [1.165, 1.54) is 0 Å². The molecule has 0 fully saturated rings. The molecule has 0 saturated heterocycles. The molecule has 0 spiro atoms. The van der Waals surface area contributed by atoms with Gasteiger partial charge in [-0.2, -0.15) is 0 Å². The highest BCUT2D eigenvalue weighted by Crippen LogP contribution is 2.22. The number of carbonyl (C=O) groups excluding carboxylic acids is 2. The Bertz CT molecular complexity index is 772. The fourth-order valence-electron chi connectivity index (χ4n) is 2.47. The zero-order chi connectivity index (χ0) is 19.8. The highest BCUT2D eigenvalue weighted by atomic mass is 32.2. The van der Waals surface area contributed by atoms with E-state index in [4.69, 9.17) is 0 Å². The maximum absolute atomic E-state index is 12.4. The number of hydrogen-bond acceptors (Lipinski definition) is 3. The second-order valence-corrected chi connectivity index (χ2v) is 8.51. The predicted molar refractivity (Wildman–Crippen MR) is 112 cm³/mol. The molecule has 2 aromatic rings. The van der Waals surface area contributed by atoms with Gasteiger partial charge in [-0.1, -0.05) is 32.9 Å². The number of thioether (sulfide) groups is 1. The van der Waals surface area contributed by atoms with Crippen molar-refractivity contribution >= 4 is 23.6 Å². The summed E-state index contributed by atoms with van der Waals surface area (Å²) in [5, 5.41) is 6.38. The average Bonchev–Trinajstić information content (AvgIpc) is 2.66. The van der Waals surface area contributed by atoms with Crippen LogP contribution < -0.4 is 10.6 Å². The predicted octanol–water partition coefficient (Wildman–Crippen LogP) is 4.65. The minimum Gasteiger partial charge on any atom is -0.350 e. The van der Waals surface area contributed by atoms with Crippen LogP contribution in [0.5, 0.6) is 0 Å². The maximum Gasteiger partial charge on any atom is 0.251 e. The van der Waals surface area contributed by atoms with Crippen molar-refractivity contribution in [3.8, 4) is 0 Å². The molecule has 0 aliphatic heterocycles. The van der Waals surface area contributed by atoms with E-state index >= 15 is 0 Å². The van der Waals surface area contributed by atoms with Crippen molar-refractivity contribution in [2.75, 3.05) is 0 Å². The van der Waals surface area contributed by atoms with Crippen molar-refractivity contribution in [1.29, 1.82) is 0 Å². The molecule has 2 rings (SSSR count). The summed E-state index contributed by atoms with van der Waals surface area (Å²) in [6.07, 6.45) is 0.885. The van der Waals surface area contributed by atoms with Crippen molar-refractivity contribution in [3.05, 3.63) is 65.2 Å². The number of hydrogen-bond donors (Lipinski definition) is 2. The van der Waals surface area contributed by atoms with Gasteiger partial charge in [0.05, 0.1) is 0 Å². The maximum atomic E-state index is 12.4. The van der Waals surface area contributed by atoms with Crippen molar-refractivity contribution in [2.24, 2.45) is 0 Å². The molecule has 144 valence electrons. The highest BCUT2D eigenvalue weighted by molar-refractivity contribution is 7.99. The van der Waals surface area contributed by atoms with Crippen LogP contribution in [0.1, 0.15) is 60.4 Å². The van der Waals surface area contributed by atoms with Crippen LogP contribution in [0, 0.1) is 0 Å². The van der Waals surface area contributed by atoms with Crippen molar-refractivity contribution in [2.45, 2.75) is 56.8 Å². The molecule has 2 amide bonds. The van der Waals surface area contributed by atoms with Gasteiger partial charge in [-0.25, -0.2) is 0 Å². The first-order valence-corrected chi connectivity index (χ1v) is 10.2. The van der Waals surface area contributed by atoms with Gasteiger partial charge < -0.3 is 10.6 Å². The van der Waals surface area contributed by atoms with Crippen LogP contribution in [0.15, 0.2) is 53.4 Å². The van der Waals surface area contributed by atoms with Gasteiger partial charge in [-0.3, -0.25) is 9.59 Å². The molecular weight excluding hydrogens is 356 g/mol. The van der Waals surface area contributed by atoms with E-state index < -0.39 is 0 Å². The van der Waals surface area contributed by atoms with Crippen LogP contribution >= 0.6 is 11.8 Å². The third kappa shape index (κ3) is 6.75. The lowest BCUT2D eigenvalue weighted by Crippen LogP contribution is -2.32. The molecule has 0 radical (unpaired) electrons. The fraction of sp³-hybridized carbons (Fsp3) is 0.364. The van der Waals surface area contributed by atoms with E-state index in [1.54, 1.807) is 17.8 Å². The van der Waals surface area contributed by atoms with Crippen LogP contribution in [0.25, 0.3) is 0 Å². The van der Waals surface area contributed by atoms with Crippen LogP contribution in [0.3, 0.4) is 0 Å². The van der Waals surface area contributed by atoms with Gasteiger partial charge in [0.15, 0.2) is 0 Å². The molecule has 0 bridgehead atoms. The molecule has 2 aromatic carbocycles. The van der Waals surface area contributed by atoms with Crippen molar-refractivity contribution in [1.82, 2.24) is 10.6 Å². The van der Waals surface area contributed by atoms with E-state index in [9.17, 15) is 9.59 Å². The summed E-state index contributed by atoms with van der Waals surface area (Å²) in [5.41, 5.74) is 2.14. The number of carbonyl (C=O) groups is 2. The third-order valence-corrected chi connectivity index (χ3v) is 5.14. The van der Waals surface area contributed by atoms with Gasteiger partial charge in [0.1, 0.15) is 0 Å². The van der Waals surface area contributed by atoms with E-state index in [0.29, 0.717) is 22.9 Å². The van der Waals surface area contributed by atoms with Gasteiger partial charge in [0, 0.05) is 33.9 Å². The second kappa shape index (κ2) is 10.2. The quantitative estimate of drug-likeness (QED) is 0.652. The topological polar surface area (TPSA) is 58.2 Å². The monoisotopic (exact) mass is 384 g/mol. The van der Waals surface area contributed by atoms with E-state index in [0.717, 1.165) is 16.9 Å². The number of rotatable bonds is 8. The number of nitrogens with one attached hydrogen (secondary N) is 2. The zero-order valence-electron chi connectivity index (χ0n) is 16.4. The minimum absolute atomic E-state index is 0.0873. The Kier molecular flexibility index (Phi) is 7.92. The van der Waals surface area contributed by atoms with Gasteiger partial charge in [-0.05, 0) is 55.3 Å². The van der Waals surface area contributed by atoms with Crippen LogP contribution in [-0.2, 0) is 6.54 Å². The number of benzene rings is 2. The summed E-state index contributed by atoms with van der Waals surface area (Å²) in [4.78, 5) is 25.7. The van der Waals surface area contributed by atoms with Gasteiger partial charge in [0.25, 0.3) is 11.8 Å². The summed E-state index contributed by atoms with van der Waals surface area (Å²) < 4.78 is 0. The lowest BCUT2D eigenvalue weighted by Gasteiger charge is -2.12. The minimum atomic E-state index is -0.120. The summed E-state index contributed by atoms with van der Waals surface area (Å²) in [6, 6.07) is 15.1. The summed E-state index contributed by atoms with van der Waals surface area (Å²) in [7, 11) is 0. The van der Waals surface area contributed by atoms with Gasteiger partial charge in [-0.15, -0.1) is 11.8 Å². The van der Waals surface area contributed by atoms with Crippen molar-refractivity contribution < 1.29 is 9.59 Å². The van der Waals surface area contributed by atoms with E-state index in [2.05, 4.69) is 24.5 Å². The molecular formula is C22H28N2O2S. The van der Waals surface area contributed by atoms with Crippen molar-refractivity contribution in [3.63, 3.8) is 0 Å². The molecule has 0 aliphatic carbocycles. The molecule has 4 nitrogen and oxygen atoms in total. The van der Waals surface area contributed by atoms with Crippen LogP contribution in [0.2, 0.25) is 0 Å². The molecule has 0 saturated carbocycles. The molecule has 2 N–H and O–H groups in total. The molecule has 1 unspecified atom stereocenters. The highest BCUT2D eigenvalue weighted by Gasteiger charge is 2.10. The standard InChI is InChI=1S/C22H28N2O2S/c1-5-16(4)24-22(26)19-8-6-7-17(13-19)14-23-21(25)18-9-11-20(12-10-18)27-15(2)3/h6-13,15-16H,5,14H2,1-4H3,(H,23,25)(H,24,26). The SMILES string of the molecule is CCC(C)NC(=O)c1cccc(CNC(=O)c2ccc(SC(C)C)cc2)c1. The molecule has 1 atom stereocenters. The largest absolute Gasteiger partial charge is 0.350 e. The zero-order valence-corrected chi connectivity index (χ0v) is 17.2. The second-order valence-electron chi connectivity index (χ2n) is 6.86. The van der Waals surface area contributed by atoms with Gasteiger partial charge in [0.2, 0.25) is 0 Å². The Morgan fingerprint density at radius 2 is 1.67 bits per heavy atom. The van der Waals surface area contributed by atoms with E-state index in [1.807, 2.05) is 56.3 Å². The number of amides is 2. The first kappa shape index (κ1) is 21.0. The molecule has 27 heavy (non-hydrogen) atoms. The summed E-state index contributed by atoms with van der Waals surface area (Å²) in [6.45, 7) is 8.68. The fourth-order valence-corrected chi connectivity index (χ4v) is 3.31. The van der Waals surface area contributed by atoms with Crippen LogP contribution in [0.4, 0.5) is 0 Å². The first-order chi connectivity index (χ1) is 12.9. The third-order valence-electron chi connectivity index (χ3n) is 4.12. The summed E-state index contributed by atoms with van der Waals surface area (Å²) in [5.74, 6) is -0.207. The Morgan fingerprint density at radius 3 is 2.30 bits per heavy atom. The lowest BCUT2D eigenvalue weighted by molar-refractivity contribution is 0.0936. The van der Waals surface area contributed by atoms with E-state index in [-0.39, 0.29) is 17.9 Å². The Morgan fingerprint density at radius 1 is 0.963 bits per heavy atom. The van der Waals surface area contributed by atoms with Crippen LogP contribution in [-0.4, -0.2) is 23.1 Å². The molecule has 0 aliphatic rings. The molecule has 0 aromatic heterocycles. The Labute approximate surface area is 166 Å².